The van der Waals surface area contributed by atoms with E-state index in [1.54, 1.807) is 18.2 Å². The zero-order valence-corrected chi connectivity index (χ0v) is 9.17. The van der Waals surface area contributed by atoms with Crippen molar-refractivity contribution in [2.75, 3.05) is 0 Å². The van der Waals surface area contributed by atoms with Crippen LogP contribution in [0.2, 0.25) is 0 Å². The number of carbonyl (C=O) groups excluding carboxylic acids is 1. The van der Waals surface area contributed by atoms with Gasteiger partial charge in [-0.2, -0.15) is 0 Å². The predicted octanol–water partition coefficient (Wildman–Crippen LogP) is 1.77. The van der Waals surface area contributed by atoms with Crippen molar-refractivity contribution in [2.45, 2.75) is 0 Å². The van der Waals surface area contributed by atoms with Gasteiger partial charge in [0, 0.05) is 5.39 Å². The number of para-hydroxylation sites is 1. The Morgan fingerprint density at radius 2 is 2.20 bits per heavy atom. The van der Waals surface area contributed by atoms with Crippen LogP contribution in [-0.2, 0) is 0 Å². The van der Waals surface area contributed by atoms with Crippen LogP contribution in [0.15, 0.2) is 33.2 Å². The van der Waals surface area contributed by atoms with E-state index in [1.807, 2.05) is 6.07 Å². The van der Waals surface area contributed by atoms with Gasteiger partial charge in [0.1, 0.15) is 5.56 Å². The number of nitrogens with two attached hydrogens (primary N) is 1. The van der Waals surface area contributed by atoms with E-state index in [9.17, 15) is 4.79 Å². The number of hydrogen-bond acceptors (Lipinski definition) is 3. The zero-order valence-electron chi connectivity index (χ0n) is 7.58. The minimum Gasteiger partial charge on any atom is -0.437 e. The van der Waals surface area contributed by atoms with Crippen molar-refractivity contribution in [1.29, 1.82) is 5.41 Å². The third-order valence-corrected chi connectivity index (χ3v) is 2.64. The monoisotopic (exact) mass is 266 g/mol. The van der Waals surface area contributed by atoms with Gasteiger partial charge in [-0.25, -0.2) is 0 Å². The molecule has 0 aliphatic rings. The maximum atomic E-state index is 11.0. The molecule has 0 aliphatic heterocycles. The second kappa shape index (κ2) is 3.51. The van der Waals surface area contributed by atoms with Gasteiger partial charge in [-0.05, 0) is 28.1 Å². The Morgan fingerprint density at radius 1 is 1.47 bits per heavy atom. The summed E-state index contributed by atoms with van der Waals surface area (Å²) in [5.74, 6) is -0.661. The summed E-state index contributed by atoms with van der Waals surface area (Å²) >= 11 is 3.30. The van der Waals surface area contributed by atoms with Crippen molar-refractivity contribution in [3.63, 3.8) is 0 Å². The zero-order chi connectivity index (χ0) is 11.0. The number of hydrogen-bond donors (Lipinski definition) is 2. The molecule has 1 amide bonds. The predicted molar refractivity (Wildman–Crippen MR) is 58.3 cm³/mol. The van der Waals surface area contributed by atoms with Gasteiger partial charge in [0.25, 0.3) is 5.91 Å². The van der Waals surface area contributed by atoms with E-state index in [0.29, 0.717) is 5.58 Å². The lowest BCUT2D eigenvalue weighted by atomic mass is 10.2. The molecule has 1 heterocycles. The van der Waals surface area contributed by atoms with Gasteiger partial charge in [-0.1, -0.05) is 12.1 Å². The first kappa shape index (κ1) is 9.92. The summed E-state index contributed by atoms with van der Waals surface area (Å²) in [6, 6.07) is 6.95. The lowest BCUT2D eigenvalue weighted by molar-refractivity contribution is 0.0996. The Hall–Kier alpha value is -1.62. The molecule has 15 heavy (non-hydrogen) atoms. The fourth-order valence-corrected chi connectivity index (χ4v) is 1.77. The van der Waals surface area contributed by atoms with Gasteiger partial charge in [-0.3, -0.25) is 10.2 Å². The Bertz CT molecular complexity index is 604. The first-order chi connectivity index (χ1) is 7.09. The van der Waals surface area contributed by atoms with E-state index in [-0.39, 0.29) is 11.1 Å². The molecule has 5 heteroatoms. The molecular weight excluding hydrogens is 260 g/mol. The highest BCUT2D eigenvalue weighted by Gasteiger charge is 2.08. The van der Waals surface area contributed by atoms with E-state index in [4.69, 9.17) is 15.6 Å². The number of fused-ring (bicyclic) bond motifs is 1. The Morgan fingerprint density at radius 3 is 2.87 bits per heavy atom. The number of carbonyl (C=O) groups is 1. The molecule has 0 saturated carbocycles. The van der Waals surface area contributed by atoms with Crippen molar-refractivity contribution in [3.05, 3.63) is 39.9 Å². The maximum Gasteiger partial charge on any atom is 0.254 e. The molecule has 2 aromatic rings. The van der Waals surface area contributed by atoms with Crippen molar-refractivity contribution in [2.24, 2.45) is 5.73 Å². The van der Waals surface area contributed by atoms with Crippen molar-refractivity contribution >= 4 is 32.8 Å². The highest BCUT2D eigenvalue weighted by Crippen LogP contribution is 2.22. The van der Waals surface area contributed by atoms with Crippen LogP contribution >= 0.6 is 15.9 Å². The third kappa shape index (κ3) is 1.66. The van der Waals surface area contributed by atoms with Crippen LogP contribution in [-0.4, -0.2) is 5.91 Å². The minimum absolute atomic E-state index is 0.0839. The molecule has 76 valence electrons. The molecule has 1 aromatic carbocycles. The van der Waals surface area contributed by atoms with Gasteiger partial charge >= 0.3 is 0 Å². The number of halogens is 1. The van der Waals surface area contributed by atoms with Gasteiger partial charge in [0.2, 0.25) is 5.55 Å². The Kier molecular flexibility index (Phi) is 2.32. The number of primary amides is 1. The van der Waals surface area contributed by atoms with Crippen LogP contribution in [0.1, 0.15) is 10.4 Å². The van der Waals surface area contributed by atoms with E-state index >= 15 is 0 Å². The second-order valence-electron chi connectivity index (χ2n) is 3.01. The Balaban J connectivity index is 2.88. The van der Waals surface area contributed by atoms with E-state index in [1.165, 1.54) is 0 Å². The van der Waals surface area contributed by atoms with Gasteiger partial charge in [0.15, 0.2) is 5.58 Å². The first-order valence-electron chi connectivity index (χ1n) is 4.16. The van der Waals surface area contributed by atoms with Crippen molar-refractivity contribution in [3.8, 4) is 0 Å². The summed E-state index contributed by atoms with van der Waals surface area (Å²) in [6.07, 6.45) is 0. The normalized spacial score (nSPS) is 10.5. The molecule has 0 bridgehead atoms. The molecule has 0 atom stereocenters. The van der Waals surface area contributed by atoms with E-state index < -0.39 is 5.91 Å². The van der Waals surface area contributed by atoms with Gasteiger partial charge in [0.05, 0.1) is 4.47 Å². The molecule has 1 aromatic heterocycles. The first-order valence-corrected chi connectivity index (χ1v) is 4.95. The smallest absolute Gasteiger partial charge is 0.254 e. The molecule has 0 fully saturated rings. The molecule has 0 unspecified atom stereocenters. The van der Waals surface area contributed by atoms with Crippen molar-refractivity contribution < 1.29 is 9.21 Å². The molecule has 0 saturated heterocycles. The maximum absolute atomic E-state index is 11.0. The number of rotatable bonds is 1. The third-order valence-electron chi connectivity index (χ3n) is 2.01. The molecular formula is C10H7BrN2O2. The molecule has 3 N–H and O–H groups in total. The van der Waals surface area contributed by atoms with Crippen LogP contribution in [0.25, 0.3) is 11.0 Å². The van der Waals surface area contributed by atoms with E-state index in [2.05, 4.69) is 15.9 Å². The van der Waals surface area contributed by atoms with Gasteiger partial charge in [-0.15, -0.1) is 0 Å². The average Bonchev–Trinajstić information content (AvgIpc) is 2.18. The number of benzene rings is 1. The average molecular weight is 267 g/mol. The second-order valence-corrected chi connectivity index (χ2v) is 3.87. The summed E-state index contributed by atoms with van der Waals surface area (Å²) in [6.45, 7) is 0. The molecule has 0 spiro atoms. The molecule has 0 radical (unpaired) electrons. The highest BCUT2D eigenvalue weighted by molar-refractivity contribution is 9.10. The van der Waals surface area contributed by atoms with Gasteiger partial charge < -0.3 is 10.2 Å². The SMILES string of the molecule is N=c1oc2c(Br)cccc2cc1C(N)=O. The van der Waals surface area contributed by atoms with Crippen molar-refractivity contribution in [1.82, 2.24) is 0 Å². The van der Waals surface area contributed by atoms with E-state index in [0.717, 1.165) is 9.86 Å². The molecule has 2 rings (SSSR count). The fourth-order valence-electron chi connectivity index (χ4n) is 1.31. The Labute approximate surface area is 93.3 Å². The summed E-state index contributed by atoms with van der Waals surface area (Å²) in [4.78, 5) is 11.0. The number of nitrogens with one attached hydrogen (secondary N) is 1. The van der Waals surface area contributed by atoms with Crippen LogP contribution in [0, 0.1) is 5.41 Å². The minimum atomic E-state index is -0.661. The highest BCUT2D eigenvalue weighted by atomic mass is 79.9. The van der Waals surface area contributed by atoms with Crippen LogP contribution in [0.5, 0.6) is 0 Å². The summed E-state index contributed by atoms with van der Waals surface area (Å²) in [7, 11) is 0. The lowest BCUT2D eigenvalue weighted by Gasteiger charge is -2.01. The van der Waals surface area contributed by atoms with Crippen LogP contribution in [0.3, 0.4) is 0 Å². The summed E-state index contributed by atoms with van der Waals surface area (Å²) < 4.78 is 5.94. The lowest BCUT2D eigenvalue weighted by Crippen LogP contribution is -2.20. The summed E-state index contributed by atoms with van der Waals surface area (Å²) in [5, 5.41) is 8.22. The molecule has 4 nitrogen and oxygen atoms in total. The standard InChI is InChI=1S/C10H7BrN2O2/c11-7-3-1-2-5-4-6(9(12)14)10(13)15-8(5)7/h1-4,13H,(H2,12,14). The summed E-state index contributed by atoms with van der Waals surface area (Å²) in [5.41, 5.74) is 5.51. The van der Waals surface area contributed by atoms with Crippen LogP contribution in [0.4, 0.5) is 0 Å². The van der Waals surface area contributed by atoms with Crippen LogP contribution < -0.4 is 11.3 Å². The molecule has 0 aliphatic carbocycles. The largest absolute Gasteiger partial charge is 0.437 e. The topological polar surface area (TPSA) is 80.1 Å². The quantitative estimate of drug-likeness (QED) is 0.825. The fraction of sp³-hybridized carbons (Fsp3) is 0. The number of amides is 1.